The van der Waals surface area contributed by atoms with Crippen LogP contribution >= 0.6 is 11.9 Å². The number of methoxy groups -OCH3 is 1. The number of nitrogens with two attached hydrogens (primary N) is 1. The number of pyridine rings is 1. The lowest BCUT2D eigenvalue weighted by molar-refractivity contribution is 0.288. The molecule has 2 aliphatic heterocycles. The summed E-state index contributed by atoms with van der Waals surface area (Å²) in [7, 11) is 1.68. The summed E-state index contributed by atoms with van der Waals surface area (Å²) >= 11 is 1.47. The highest BCUT2D eigenvalue weighted by Gasteiger charge is 2.38. The van der Waals surface area contributed by atoms with E-state index in [1.165, 1.54) is 17.5 Å². The van der Waals surface area contributed by atoms with Crippen molar-refractivity contribution in [3.05, 3.63) is 34.2 Å². The summed E-state index contributed by atoms with van der Waals surface area (Å²) in [5, 5.41) is 14.8. The van der Waals surface area contributed by atoms with Gasteiger partial charge in [-0.2, -0.15) is 19.7 Å². The standard InChI is InChI=1S/C19H25N7OS/c1-5-21-13-6-14-16-12(13)9-28-25-19(20)17(16)24-26(23-14)8-15-11(3)18(27-4)10(2)7-22-15/h7,13,21H,5-6,8-9H2,1-4H3,(H2,20,25). The summed E-state index contributed by atoms with van der Waals surface area (Å²) in [5.41, 5.74) is 13.2. The number of aromatic nitrogens is 1. The van der Waals surface area contributed by atoms with E-state index in [-0.39, 0.29) is 6.04 Å². The number of nitrogens with one attached hydrogen (secondary N) is 1. The van der Waals surface area contributed by atoms with Gasteiger partial charge < -0.3 is 15.8 Å². The largest absolute Gasteiger partial charge is 0.496 e. The molecular formula is C19H25N7OS. The maximum atomic E-state index is 6.24. The smallest absolute Gasteiger partial charge is 0.160 e. The third kappa shape index (κ3) is 3.18. The van der Waals surface area contributed by atoms with Gasteiger partial charge in [0.2, 0.25) is 0 Å². The van der Waals surface area contributed by atoms with E-state index in [1.54, 1.807) is 12.2 Å². The molecule has 1 atom stereocenters. The van der Waals surface area contributed by atoms with E-state index in [1.807, 2.05) is 20.0 Å². The predicted molar refractivity (Wildman–Crippen MR) is 114 cm³/mol. The van der Waals surface area contributed by atoms with Gasteiger partial charge in [-0.1, -0.05) is 6.92 Å². The Hall–Kier alpha value is -2.39. The Bertz CT molecular complexity index is 934. The lowest BCUT2D eigenvalue weighted by Crippen LogP contribution is -2.34. The molecule has 3 aliphatic rings. The number of amidine groups is 1. The van der Waals surface area contributed by atoms with Crippen LogP contribution in [-0.4, -0.2) is 52.8 Å². The van der Waals surface area contributed by atoms with Gasteiger partial charge in [-0.3, -0.25) is 4.98 Å². The molecule has 3 N–H and O–H groups in total. The Balaban J connectivity index is 1.71. The van der Waals surface area contributed by atoms with E-state index < -0.39 is 0 Å². The molecule has 0 radical (unpaired) electrons. The number of ether oxygens (including phenoxy) is 1. The number of hydrogen-bond acceptors (Lipinski definition) is 9. The minimum atomic E-state index is 0.261. The van der Waals surface area contributed by atoms with Crippen molar-refractivity contribution in [3.63, 3.8) is 0 Å². The van der Waals surface area contributed by atoms with Gasteiger partial charge in [-0.05, 0) is 37.9 Å². The molecule has 0 fully saturated rings. The molecule has 0 saturated carbocycles. The van der Waals surface area contributed by atoms with Gasteiger partial charge in [0.15, 0.2) is 5.84 Å². The Morgan fingerprint density at radius 1 is 1.36 bits per heavy atom. The van der Waals surface area contributed by atoms with Crippen molar-refractivity contribution in [2.75, 3.05) is 19.4 Å². The molecule has 8 nitrogen and oxygen atoms in total. The van der Waals surface area contributed by atoms with Gasteiger partial charge >= 0.3 is 0 Å². The van der Waals surface area contributed by atoms with Crippen LogP contribution < -0.4 is 15.8 Å². The number of nitrogens with zero attached hydrogens (tertiary/aromatic N) is 5. The number of aryl methyl sites for hydroxylation is 1. The minimum absolute atomic E-state index is 0.261. The van der Waals surface area contributed by atoms with Crippen molar-refractivity contribution < 1.29 is 4.74 Å². The zero-order chi connectivity index (χ0) is 19.8. The monoisotopic (exact) mass is 399 g/mol. The van der Waals surface area contributed by atoms with Crippen molar-refractivity contribution >= 4 is 29.2 Å². The Morgan fingerprint density at radius 2 is 2.18 bits per heavy atom. The van der Waals surface area contributed by atoms with Gasteiger partial charge in [0.1, 0.15) is 18.0 Å². The lowest BCUT2D eigenvalue weighted by atomic mass is 10.0. The van der Waals surface area contributed by atoms with E-state index in [0.29, 0.717) is 12.4 Å². The van der Waals surface area contributed by atoms with Crippen LogP contribution in [0, 0.1) is 13.8 Å². The summed E-state index contributed by atoms with van der Waals surface area (Å²) in [4.78, 5) is 4.58. The molecule has 0 amide bonds. The SMILES string of the molecule is CCNC1CC2=NN(Cc3ncc(C)c(OC)c3C)N=C3C(N)=NSCC1=C23. The highest BCUT2D eigenvalue weighted by Crippen LogP contribution is 2.34. The van der Waals surface area contributed by atoms with Crippen molar-refractivity contribution in [2.45, 2.75) is 39.8 Å². The Labute approximate surface area is 169 Å². The first-order chi connectivity index (χ1) is 13.5. The fraction of sp³-hybridized carbons (Fsp3) is 0.474. The summed E-state index contributed by atoms with van der Waals surface area (Å²) in [5.74, 6) is 2.11. The van der Waals surface area contributed by atoms with Gasteiger partial charge in [-0.25, -0.2) is 0 Å². The first kappa shape index (κ1) is 18.9. The lowest BCUT2D eigenvalue weighted by Gasteiger charge is -2.23. The molecule has 1 aromatic rings. The average Bonchev–Trinajstić information content (AvgIpc) is 2.91. The zero-order valence-corrected chi connectivity index (χ0v) is 17.4. The van der Waals surface area contributed by atoms with Crippen LogP contribution in [0.3, 0.4) is 0 Å². The molecule has 0 saturated heterocycles. The van der Waals surface area contributed by atoms with E-state index >= 15 is 0 Å². The molecule has 28 heavy (non-hydrogen) atoms. The fourth-order valence-corrected chi connectivity index (χ4v) is 4.70. The van der Waals surface area contributed by atoms with Crippen LogP contribution in [0.1, 0.15) is 30.2 Å². The molecular weight excluding hydrogens is 374 g/mol. The zero-order valence-electron chi connectivity index (χ0n) is 16.6. The average molecular weight is 400 g/mol. The fourth-order valence-electron chi connectivity index (χ4n) is 3.93. The molecule has 1 aliphatic carbocycles. The topological polar surface area (TPSA) is 100 Å². The highest BCUT2D eigenvalue weighted by molar-refractivity contribution is 7.98. The van der Waals surface area contributed by atoms with Crippen LogP contribution in [0.25, 0.3) is 0 Å². The van der Waals surface area contributed by atoms with Crippen LogP contribution in [0.5, 0.6) is 5.75 Å². The maximum absolute atomic E-state index is 6.24. The van der Waals surface area contributed by atoms with Gasteiger partial charge in [0.05, 0.1) is 18.5 Å². The number of hydrogen-bond donors (Lipinski definition) is 2. The van der Waals surface area contributed by atoms with E-state index in [9.17, 15) is 0 Å². The maximum Gasteiger partial charge on any atom is 0.160 e. The van der Waals surface area contributed by atoms with Gasteiger partial charge in [0, 0.05) is 41.1 Å². The predicted octanol–water partition coefficient (Wildman–Crippen LogP) is 1.93. The number of likely N-dealkylation sites (N-methyl/N-ethyl adjacent to an activating group) is 1. The van der Waals surface area contributed by atoms with E-state index in [4.69, 9.17) is 20.7 Å². The van der Waals surface area contributed by atoms with E-state index in [0.717, 1.165) is 58.3 Å². The van der Waals surface area contributed by atoms with Gasteiger partial charge in [-0.15, -0.1) is 0 Å². The Morgan fingerprint density at radius 3 is 2.93 bits per heavy atom. The molecule has 0 bridgehead atoms. The first-order valence-corrected chi connectivity index (χ1v) is 10.3. The normalized spacial score (nSPS) is 21.1. The third-order valence-electron chi connectivity index (χ3n) is 5.23. The van der Waals surface area contributed by atoms with Crippen LogP contribution in [0.15, 0.2) is 31.9 Å². The summed E-state index contributed by atoms with van der Waals surface area (Å²) in [6.45, 7) is 7.46. The number of rotatable bonds is 5. The first-order valence-electron chi connectivity index (χ1n) is 9.39. The van der Waals surface area contributed by atoms with Crippen molar-refractivity contribution in [1.82, 2.24) is 15.4 Å². The summed E-state index contributed by atoms with van der Waals surface area (Å²) in [6, 6.07) is 0.261. The minimum Gasteiger partial charge on any atom is -0.496 e. The molecule has 0 aromatic carbocycles. The highest BCUT2D eigenvalue weighted by atomic mass is 32.2. The second kappa shape index (κ2) is 7.56. The second-order valence-corrected chi connectivity index (χ2v) is 7.77. The molecule has 0 spiro atoms. The quantitative estimate of drug-likeness (QED) is 0.734. The molecule has 148 valence electrons. The molecule has 3 heterocycles. The second-order valence-electron chi connectivity index (χ2n) is 7.04. The molecule has 1 aromatic heterocycles. The molecule has 9 heteroatoms. The van der Waals surface area contributed by atoms with Crippen LogP contribution in [0.4, 0.5) is 0 Å². The molecule has 1 unspecified atom stereocenters. The van der Waals surface area contributed by atoms with Crippen molar-refractivity contribution in [3.8, 4) is 5.75 Å². The Kier molecular flexibility index (Phi) is 5.11. The third-order valence-corrected chi connectivity index (χ3v) is 6.00. The summed E-state index contributed by atoms with van der Waals surface area (Å²) in [6.07, 6.45) is 2.66. The van der Waals surface area contributed by atoms with E-state index in [2.05, 4.69) is 21.6 Å². The summed E-state index contributed by atoms with van der Waals surface area (Å²) < 4.78 is 9.94. The van der Waals surface area contributed by atoms with Crippen molar-refractivity contribution in [2.24, 2.45) is 20.3 Å². The number of hydrazone groups is 2. The van der Waals surface area contributed by atoms with Crippen molar-refractivity contribution in [1.29, 1.82) is 0 Å². The molecule has 4 rings (SSSR count). The van der Waals surface area contributed by atoms with Crippen LogP contribution in [-0.2, 0) is 6.54 Å². The van der Waals surface area contributed by atoms with Crippen LogP contribution in [0.2, 0.25) is 0 Å². The van der Waals surface area contributed by atoms with Gasteiger partial charge in [0.25, 0.3) is 0 Å².